The molecule has 36 heavy (non-hydrogen) atoms. The lowest BCUT2D eigenvalue weighted by atomic mass is 10.1. The molecule has 1 atom stereocenters. The molecule has 11 heteroatoms. The number of nitrogens with zero attached hydrogens (tertiary/aromatic N) is 3. The van der Waals surface area contributed by atoms with Crippen LogP contribution in [0.1, 0.15) is 38.9 Å². The number of rotatable bonds is 8. The summed E-state index contributed by atoms with van der Waals surface area (Å²) in [4.78, 5) is 28.1. The van der Waals surface area contributed by atoms with Crippen LogP contribution in [-0.4, -0.2) is 26.8 Å². The van der Waals surface area contributed by atoms with E-state index in [-0.39, 0.29) is 35.8 Å². The highest BCUT2D eigenvalue weighted by atomic mass is 19.1. The number of aryl methyl sites for hydroxylation is 2. The number of non-ortho nitro benzene ring substituents is 1. The summed E-state index contributed by atoms with van der Waals surface area (Å²) in [6, 6.07) is 10.4. The first kappa shape index (κ1) is 24.7. The van der Waals surface area contributed by atoms with Gasteiger partial charge in [-0.05, 0) is 43.2 Å². The zero-order chi connectivity index (χ0) is 26.0. The lowest BCUT2D eigenvalue weighted by Gasteiger charge is -2.17. The number of nitrogens with two attached hydrogens (primary N) is 1. The summed E-state index contributed by atoms with van der Waals surface area (Å²) in [7, 11) is 0. The Morgan fingerprint density at radius 2 is 1.86 bits per heavy atom. The molecule has 1 unspecified atom stereocenters. The molecule has 0 fully saturated rings. The Balaban J connectivity index is 1.63. The molecule has 4 rings (SSSR count). The standard InChI is InChI=1S/C25H23F2N5O4/c1-14-10-22(36-13-18-19(26)4-3-5-20(18)27)24-29-15(2)23(31(24)12-14)25(33)30-21(11-28)16-6-8-17(9-7-16)32(34)35/h3-10,12,21H,11,13,28H2,1-2H3,(H,30,33). The molecule has 0 saturated carbocycles. The van der Waals surface area contributed by atoms with Crippen LogP contribution in [-0.2, 0) is 6.61 Å². The van der Waals surface area contributed by atoms with Crippen LogP contribution in [0.25, 0.3) is 5.65 Å². The molecule has 3 N–H and O–H groups in total. The fourth-order valence-corrected chi connectivity index (χ4v) is 3.89. The van der Waals surface area contributed by atoms with Gasteiger partial charge in [0.25, 0.3) is 11.6 Å². The number of nitrogens with one attached hydrogen (secondary N) is 1. The van der Waals surface area contributed by atoms with E-state index in [0.29, 0.717) is 16.9 Å². The van der Waals surface area contributed by atoms with Gasteiger partial charge in [-0.2, -0.15) is 0 Å². The maximum atomic E-state index is 14.0. The Labute approximate surface area is 204 Å². The molecule has 2 aromatic heterocycles. The van der Waals surface area contributed by atoms with Gasteiger partial charge in [0, 0.05) is 24.9 Å². The minimum Gasteiger partial charge on any atom is -0.485 e. The van der Waals surface area contributed by atoms with E-state index in [1.165, 1.54) is 30.3 Å². The molecule has 2 heterocycles. The monoisotopic (exact) mass is 495 g/mol. The van der Waals surface area contributed by atoms with Gasteiger partial charge in [-0.3, -0.25) is 19.3 Å². The van der Waals surface area contributed by atoms with Gasteiger partial charge in [-0.25, -0.2) is 13.8 Å². The van der Waals surface area contributed by atoms with E-state index < -0.39 is 28.5 Å². The minimum absolute atomic E-state index is 0.0565. The van der Waals surface area contributed by atoms with E-state index in [1.807, 2.05) is 0 Å². The van der Waals surface area contributed by atoms with E-state index in [0.717, 1.165) is 17.7 Å². The van der Waals surface area contributed by atoms with Crippen molar-refractivity contribution in [1.29, 1.82) is 0 Å². The number of ether oxygens (including phenoxy) is 1. The van der Waals surface area contributed by atoms with Crippen molar-refractivity contribution < 1.29 is 23.2 Å². The fourth-order valence-electron chi connectivity index (χ4n) is 3.89. The number of carbonyl (C=O) groups is 1. The maximum absolute atomic E-state index is 14.0. The average molecular weight is 495 g/mol. The van der Waals surface area contributed by atoms with Crippen molar-refractivity contribution in [3.63, 3.8) is 0 Å². The number of pyridine rings is 1. The van der Waals surface area contributed by atoms with Crippen molar-refractivity contribution in [3.05, 3.63) is 105 Å². The average Bonchev–Trinajstić information content (AvgIpc) is 3.17. The fraction of sp³-hybridized carbons (Fsp3) is 0.200. The molecule has 9 nitrogen and oxygen atoms in total. The highest BCUT2D eigenvalue weighted by Gasteiger charge is 2.23. The summed E-state index contributed by atoms with van der Waals surface area (Å²) in [6.07, 6.45) is 1.70. The number of carbonyl (C=O) groups excluding carboxylic acids is 1. The molecule has 2 aromatic carbocycles. The molecule has 0 radical (unpaired) electrons. The molecule has 186 valence electrons. The van der Waals surface area contributed by atoms with Gasteiger partial charge >= 0.3 is 0 Å². The van der Waals surface area contributed by atoms with Crippen molar-refractivity contribution in [2.45, 2.75) is 26.5 Å². The predicted octanol–water partition coefficient (Wildman–Crippen LogP) is 4.15. The molecule has 4 aromatic rings. The van der Waals surface area contributed by atoms with Crippen molar-refractivity contribution in [2.75, 3.05) is 6.54 Å². The van der Waals surface area contributed by atoms with E-state index >= 15 is 0 Å². The van der Waals surface area contributed by atoms with Crippen LogP contribution < -0.4 is 15.8 Å². The smallest absolute Gasteiger partial charge is 0.270 e. The molecular weight excluding hydrogens is 472 g/mol. The summed E-state index contributed by atoms with van der Waals surface area (Å²) in [5.41, 5.74) is 7.85. The molecule has 0 spiro atoms. The topological polar surface area (TPSA) is 125 Å². The van der Waals surface area contributed by atoms with Gasteiger partial charge in [0.2, 0.25) is 0 Å². The van der Waals surface area contributed by atoms with E-state index in [9.17, 15) is 23.7 Å². The maximum Gasteiger partial charge on any atom is 0.270 e. The Bertz CT molecular complexity index is 1430. The van der Waals surface area contributed by atoms with Crippen molar-refractivity contribution in [1.82, 2.24) is 14.7 Å². The number of hydrogen-bond acceptors (Lipinski definition) is 6. The highest BCUT2D eigenvalue weighted by molar-refractivity contribution is 5.95. The zero-order valence-electron chi connectivity index (χ0n) is 19.5. The predicted molar refractivity (Wildman–Crippen MR) is 128 cm³/mol. The Morgan fingerprint density at radius 3 is 2.47 bits per heavy atom. The summed E-state index contributed by atoms with van der Waals surface area (Å²) in [5, 5.41) is 13.8. The van der Waals surface area contributed by atoms with Gasteiger partial charge < -0.3 is 15.8 Å². The highest BCUT2D eigenvalue weighted by Crippen LogP contribution is 2.26. The van der Waals surface area contributed by atoms with Crippen LogP contribution in [0.3, 0.4) is 0 Å². The number of hydrogen-bond donors (Lipinski definition) is 2. The summed E-state index contributed by atoms with van der Waals surface area (Å²) in [5.74, 6) is -1.66. The van der Waals surface area contributed by atoms with Gasteiger partial charge in [-0.15, -0.1) is 0 Å². The Hall–Kier alpha value is -4.38. The van der Waals surface area contributed by atoms with Crippen LogP contribution in [0.15, 0.2) is 54.7 Å². The molecular formula is C25H23F2N5O4. The molecule has 0 aliphatic rings. The summed E-state index contributed by atoms with van der Waals surface area (Å²) < 4.78 is 35.4. The molecule has 0 bridgehead atoms. The summed E-state index contributed by atoms with van der Waals surface area (Å²) in [6.45, 7) is 3.13. The molecule has 0 saturated heterocycles. The second-order valence-electron chi connectivity index (χ2n) is 8.22. The number of amides is 1. The van der Waals surface area contributed by atoms with Gasteiger partial charge in [0.15, 0.2) is 11.4 Å². The van der Waals surface area contributed by atoms with Gasteiger partial charge in [0.05, 0.1) is 22.2 Å². The van der Waals surface area contributed by atoms with Crippen LogP contribution in [0, 0.1) is 35.6 Å². The first-order valence-corrected chi connectivity index (χ1v) is 11.0. The van der Waals surface area contributed by atoms with E-state index in [1.54, 1.807) is 30.5 Å². The number of nitro benzene ring substituents is 1. The van der Waals surface area contributed by atoms with Crippen molar-refractivity contribution in [3.8, 4) is 5.75 Å². The third kappa shape index (κ3) is 4.86. The third-order valence-electron chi connectivity index (χ3n) is 5.69. The van der Waals surface area contributed by atoms with Crippen LogP contribution in [0.2, 0.25) is 0 Å². The summed E-state index contributed by atoms with van der Waals surface area (Å²) >= 11 is 0. The number of fused-ring (bicyclic) bond motifs is 1. The number of benzene rings is 2. The second-order valence-corrected chi connectivity index (χ2v) is 8.22. The first-order chi connectivity index (χ1) is 17.2. The van der Waals surface area contributed by atoms with Gasteiger partial charge in [0.1, 0.15) is 23.9 Å². The third-order valence-corrected chi connectivity index (χ3v) is 5.69. The van der Waals surface area contributed by atoms with Crippen molar-refractivity contribution >= 4 is 17.2 Å². The normalized spacial score (nSPS) is 11.9. The first-order valence-electron chi connectivity index (χ1n) is 11.0. The lowest BCUT2D eigenvalue weighted by Crippen LogP contribution is -2.34. The number of aromatic nitrogens is 2. The van der Waals surface area contributed by atoms with Crippen LogP contribution in [0.4, 0.5) is 14.5 Å². The number of imidazole rings is 1. The Morgan fingerprint density at radius 1 is 1.19 bits per heavy atom. The number of halogens is 2. The zero-order valence-corrected chi connectivity index (χ0v) is 19.5. The Kier molecular flexibility index (Phi) is 6.93. The second kappa shape index (κ2) is 10.1. The van der Waals surface area contributed by atoms with E-state index in [4.69, 9.17) is 10.5 Å². The van der Waals surface area contributed by atoms with Crippen LogP contribution in [0.5, 0.6) is 5.75 Å². The largest absolute Gasteiger partial charge is 0.485 e. The molecule has 1 amide bonds. The minimum atomic E-state index is -0.725. The lowest BCUT2D eigenvalue weighted by molar-refractivity contribution is -0.384. The molecule has 0 aliphatic carbocycles. The van der Waals surface area contributed by atoms with Crippen molar-refractivity contribution in [2.24, 2.45) is 5.73 Å². The van der Waals surface area contributed by atoms with Gasteiger partial charge in [-0.1, -0.05) is 18.2 Å². The quantitative estimate of drug-likeness (QED) is 0.280. The van der Waals surface area contributed by atoms with E-state index in [2.05, 4.69) is 10.3 Å². The molecule has 0 aliphatic heterocycles. The number of nitro groups is 1. The van der Waals surface area contributed by atoms with Crippen LogP contribution >= 0.6 is 0 Å². The SMILES string of the molecule is Cc1cc(OCc2c(F)cccc2F)c2nc(C)c(C(=O)NC(CN)c3ccc([N+](=O)[O-])cc3)n2c1.